The number of carbonyl (C=O) groups excluding carboxylic acids is 1. The Morgan fingerprint density at radius 3 is 2.39 bits per heavy atom. The van der Waals surface area contributed by atoms with E-state index in [1.165, 1.54) is 10.4 Å². The van der Waals surface area contributed by atoms with Crippen LogP contribution < -0.4 is 0 Å². The van der Waals surface area contributed by atoms with Gasteiger partial charge in [0, 0.05) is 39.0 Å². The normalized spacial score (nSPS) is 15.1. The van der Waals surface area contributed by atoms with Crippen LogP contribution in [0.15, 0.2) is 63.9 Å². The fourth-order valence-corrected chi connectivity index (χ4v) is 5.42. The zero-order valence-corrected chi connectivity index (χ0v) is 19.6. The Morgan fingerprint density at radius 2 is 1.70 bits per heavy atom. The lowest BCUT2D eigenvalue weighted by atomic mass is 10.1. The minimum atomic E-state index is -3.58. The topological polar surface area (TPSA) is 70.8 Å². The van der Waals surface area contributed by atoms with Crippen LogP contribution in [0.4, 0.5) is 4.39 Å². The molecule has 0 bridgehead atoms. The number of hydrogen-bond acceptors (Lipinski definition) is 4. The summed E-state index contributed by atoms with van der Waals surface area (Å²) >= 11 is 0. The summed E-state index contributed by atoms with van der Waals surface area (Å²) in [6.45, 7) is 5.06. The van der Waals surface area contributed by atoms with Crippen molar-refractivity contribution >= 4 is 15.9 Å². The van der Waals surface area contributed by atoms with E-state index < -0.39 is 10.0 Å². The zero-order valence-electron chi connectivity index (χ0n) is 18.8. The van der Waals surface area contributed by atoms with E-state index in [0.717, 1.165) is 11.1 Å². The van der Waals surface area contributed by atoms with Crippen LogP contribution in [0.3, 0.4) is 0 Å². The van der Waals surface area contributed by atoms with Crippen molar-refractivity contribution in [3.63, 3.8) is 0 Å². The number of halogens is 1. The van der Waals surface area contributed by atoms with Crippen LogP contribution >= 0.6 is 0 Å². The lowest BCUT2D eigenvalue weighted by molar-refractivity contribution is -0.132. The van der Waals surface area contributed by atoms with E-state index in [1.807, 2.05) is 19.9 Å². The summed E-state index contributed by atoms with van der Waals surface area (Å²) < 4.78 is 47.0. The highest BCUT2D eigenvalue weighted by molar-refractivity contribution is 7.89. The number of carbonyl (C=O) groups is 1. The van der Waals surface area contributed by atoms with E-state index in [2.05, 4.69) is 0 Å². The second-order valence-electron chi connectivity index (χ2n) is 8.28. The first-order valence-corrected chi connectivity index (χ1v) is 12.4. The first-order chi connectivity index (χ1) is 15.8. The maximum absolute atomic E-state index is 13.9. The molecule has 0 unspecified atom stereocenters. The van der Waals surface area contributed by atoms with Crippen molar-refractivity contribution in [2.75, 3.05) is 26.2 Å². The average Bonchev–Trinajstić information content (AvgIpc) is 3.28. The van der Waals surface area contributed by atoms with E-state index in [-0.39, 0.29) is 36.1 Å². The Labute approximate surface area is 193 Å². The zero-order chi connectivity index (χ0) is 23.6. The van der Waals surface area contributed by atoms with Crippen molar-refractivity contribution in [2.45, 2.75) is 31.6 Å². The maximum Gasteiger partial charge on any atom is 0.243 e. The van der Waals surface area contributed by atoms with Gasteiger partial charge in [-0.2, -0.15) is 4.31 Å². The number of nitrogens with zero attached hydrogens (tertiary/aromatic N) is 2. The number of rotatable bonds is 6. The van der Waals surface area contributed by atoms with Crippen molar-refractivity contribution in [3.05, 3.63) is 77.3 Å². The molecule has 0 N–H and O–H groups in total. The van der Waals surface area contributed by atoms with Crippen molar-refractivity contribution < 1.29 is 22.0 Å². The first kappa shape index (κ1) is 23.2. The van der Waals surface area contributed by atoms with Gasteiger partial charge in [-0.05, 0) is 61.4 Å². The molecule has 1 aromatic heterocycles. The Hall–Kier alpha value is -2.97. The molecule has 4 rings (SSSR count). The molecule has 1 fully saturated rings. The number of piperazine rings is 1. The van der Waals surface area contributed by atoms with Crippen LogP contribution in [-0.4, -0.2) is 49.7 Å². The highest BCUT2D eigenvalue weighted by atomic mass is 32.2. The van der Waals surface area contributed by atoms with Crippen LogP contribution in [0.25, 0.3) is 11.3 Å². The number of benzene rings is 2. The smallest absolute Gasteiger partial charge is 0.243 e. The predicted octanol–water partition coefficient (Wildman–Crippen LogP) is 4.17. The number of hydrogen-bond donors (Lipinski definition) is 0. The Balaban J connectivity index is 1.32. The van der Waals surface area contributed by atoms with Gasteiger partial charge >= 0.3 is 0 Å². The number of furan rings is 1. The summed E-state index contributed by atoms with van der Waals surface area (Å²) in [6, 6.07) is 15.0. The Kier molecular flexibility index (Phi) is 6.67. The molecule has 174 valence electrons. The van der Waals surface area contributed by atoms with Gasteiger partial charge in [0.25, 0.3) is 0 Å². The standard InChI is InChI=1S/C25H27FN2O4S/c1-18-7-10-21(17-19(18)2)33(30,31)28-15-13-27(14-16-28)25(29)12-9-20-8-11-24(32-20)22-5-3-4-6-23(22)26/h3-8,10-11,17H,9,12-16H2,1-2H3. The van der Waals surface area contributed by atoms with E-state index in [1.54, 1.807) is 47.4 Å². The van der Waals surface area contributed by atoms with Crippen LogP contribution in [-0.2, 0) is 21.2 Å². The Bertz CT molecular complexity index is 1260. The molecule has 1 saturated heterocycles. The number of sulfonamides is 1. The van der Waals surface area contributed by atoms with Crippen molar-refractivity contribution in [2.24, 2.45) is 0 Å². The van der Waals surface area contributed by atoms with Gasteiger partial charge in [-0.3, -0.25) is 4.79 Å². The molecule has 2 heterocycles. The lowest BCUT2D eigenvalue weighted by Crippen LogP contribution is -2.50. The van der Waals surface area contributed by atoms with E-state index in [9.17, 15) is 17.6 Å². The van der Waals surface area contributed by atoms with Crippen LogP contribution in [0.2, 0.25) is 0 Å². The molecule has 8 heteroatoms. The van der Waals surface area contributed by atoms with Crippen molar-refractivity contribution in [1.82, 2.24) is 9.21 Å². The van der Waals surface area contributed by atoms with Gasteiger partial charge in [0.05, 0.1) is 10.5 Å². The fourth-order valence-electron chi connectivity index (χ4n) is 3.91. The molecule has 1 aliphatic heterocycles. The summed E-state index contributed by atoms with van der Waals surface area (Å²) in [5, 5.41) is 0. The third kappa shape index (κ3) is 5.02. The van der Waals surface area contributed by atoms with Crippen LogP contribution in [0, 0.1) is 19.7 Å². The molecular formula is C25H27FN2O4S. The number of amides is 1. The molecule has 1 amide bonds. The molecule has 6 nitrogen and oxygen atoms in total. The second kappa shape index (κ2) is 9.49. The van der Waals surface area contributed by atoms with Gasteiger partial charge in [0.15, 0.2) is 0 Å². The predicted molar refractivity (Wildman–Crippen MR) is 124 cm³/mol. The van der Waals surface area contributed by atoms with Gasteiger partial charge in [-0.25, -0.2) is 12.8 Å². The van der Waals surface area contributed by atoms with Crippen molar-refractivity contribution in [3.8, 4) is 11.3 Å². The summed E-state index contributed by atoms with van der Waals surface area (Å²) in [5.74, 6) is 0.628. The SMILES string of the molecule is Cc1ccc(S(=O)(=O)N2CCN(C(=O)CCc3ccc(-c4ccccc4F)o3)CC2)cc1C. The molecule has 0 spiro atoms. The molecule has 0 atom stereocenters. The van der Waals surface area contributed by atoms with Gasteiger partial charge < -0.3 is 9.32 Å². The summed E-state index contributed by atoms with van der Waals surface area (Å²) in [5.41, 5.74) is 2.36. The molecule has 3 aromatic rings. The third-order valence-electron chi connectivity index (χ3n) is 6.09. The van der Waals surface area contributed by atoms with Crippen LogP contribution in [0.1, 0.15) is 23.3 Å². The van der Waals surface area contributed by atoms with E-state index >= 15 is 0 Å². The molecule has 33 heavy (non-hydrogen) atoms. The van der Waals surface area contributed by atoms with E-state index in [4.69, 9.17) is 4.42 Å². The maximum atomic E-state index is 13.9. The van der Waals surface area contributed by atoms with Crippen molar-refractivity contribution in [1.29, 1.82) is 0 Å². The van der Waals surface area contributed by atoms with Crippen LogP contribution in [0.5, 0.6) is 0 Å². The largest absolute Gasteiger partial charge is 0.461 e. The number of aryl methyl sites for hydroxylation is 3. The monoisotopic (exact) mass is 470 g/mol. The van der Waals surface area contributed by atoms with Gasteiger partial charge in [-0.15, -0.1) is 0 Å². The van der Waals surface area contributed by atoms with E-state index in [0.29, 0.717) is 36.6 Å². The molecule has 0 aliphatic carbocycles. The first-order valence-electron chi connectivity index (χ1n) is 10.9. The van der Waals surface area contributed by atoms with Gasteiger partial charge in [0.2, 0.25) is 15.9 Å². The fraction of sp³-hybridized carbons (Fsp3) is 0.320. The van der Waals surface area contributed by atoms with Gasteiger partial charge in [0.1, 0.15) is 17.3 Å². The molecule has 2 aromatic carbocycles. The quantitative estimate of drug-likeness (QED) is 0.542. The highest BCUT2D eigenvalue weighted by Gasteiger charge is 2.30. The third-order valence-corrected chi connectivity index (χ3v) is 7.99. The Morgan fingerprint density at radius 1 is 0.970 bits per heavy atom. The molecule has 1 aliphatic rings. The minimum absolute atomic E-state index is 0.0536. The summed E-state index contributed by atoms with van der Waals surface area (Å²) in [7, 11) is -3.58. The average molecular weight is 471 g/mol. The minimum Gasteiger partial charge on any atom is -0.461 e. The second-order valence-corrected chi connectivity index (χ2v) is 10.2. The summed E-state index contributed by atoms with van der Waals surface area (Å²) in [6.07, 6.45) is 0.641. The lowest BCUT2D eigenvalue weighted by Gasteiger charge is -2.34. The highest BCUT2D eigenvalue weighted by Crippen LogP contribution is 2.25. The summed E-state index contributed by atoms with van der Waals surface area (Å²) in [4.78, 5) is 14.6. The molecule has 0 saturated carbocycles. The molecule has 0 radical (unpaired) electrons. The van der Waals surface area contributed by atoms with Gasteiger partial charge in [-0.1, -0.05) is 18.2 Å². The molecular weight excluding hydrogens is 443 g/mol.